The molecule has 2 N–H and O–H groups in total. The second kappa shape index (κ2) is 6.68. The quantitative estimate of drug-likeness (QED) is 0.887. The number of benzene rings is 1. The smallest absolute Gasteiger partial charge is 0.244 e. The molecule has 1 heterocycles. The van der Waals surface area contributed by atoms with Crippen molar-refractivity contribution in [1.29, 1.82) is 0 Å². The number of nitrogens with zero attached hydrogens (tertiary/aromatic N) is 2. The van der Waals surface area contributed by atoms with Crippen LogP contribution in [0.3, 0.4) is 0 Å². The lowest BCUT2D eigenvalue weighted by Gasteiger charge is -2.35. The van der Waals surface area contributed by atoms with E-state index in [1.165, 1.54) is 0 Å². The molecule has 1 amide bonds. The molecule has 0 aliphatic carbocycles. The third-order valence-corrected chi connectivity index (χ3v) is 3.65. The normalized spacial score (nSPS) is 18.3. The van der Waals surface area contributed by atoms with E-state index in [2.05, 4.69) is 11.8 Å². The predicted octanol–water partition coefficient (Wildman–Crippen LogP) is 1.24. The van der Waals surface area contributed by atoms with Gasteiger partial charge in [0.15, 0.2) is 0 Å². The molecule has 1 aromatic carbocycles. The molecule has 0 bridgehead atoms. The molecular weight excluding hydrogens is 238 g/mol. The molecule has 19 heavy (non-hydrogen) atoms. The van der Waals surface area contributed by atoms with Crippen LogP contribution in [0.15, 0.2) is 30.3 Å². The van der Waals surface area contributed by atoms with Crippen molar-refractivity contribution in [1.82, 2.24) is 9.80 Å². The fourth-order valence-electron chi connectivity index (χ4n) is 2.51. The molecule has 2 rings (SSSR count). The summed E-state index contributed by atoms with van der Waals surface area (Å²) in [5.74, 6) is 0.0438. The minimum Gasteiger partial charge on any atom is -0.338 e. The molecule has 1 saturated heterocycles. The maximum atomic E-state index is 12.3. The molecule has 1 atom stereocenters. The monoisotopic (exact) mass is 261 g/mol. The zero-order valence-corrected chi connectivity index (χ0v) is 11.6. The van der Waals surface area contributed by atoms with E-state index in [4.69, 9.17) is 5.73 Å². The van der Waals surface area contributed by atoms with Crippen LogP contribution in [0.4, 0.5) is 0 Å². The topological polar surface area (TPSA) is 49.6 Å². The first-order chi connectivity index (χ1) is 9.22. The molecule has 4 heteroatoms. The number of nitrogens with two attached hydrogens (primary N) is 1. The van der Waals surface area contributed by atoms with Gasteiger partial charge in [-0.25, -0.2) is 0 Å². The standard InChI is InChI=1S/C15H23N3O/c1-2-8-17-9-11-18(12-10-17)15(19)14(16)13-6-4-3-5-7-13/h3-7,14H,2,8-12,16H2,1H3/t14-/m0/s1. The summed E-state index contributed by atoms with van der Waals surface area (Å²) in [5, 5.41) is 0. The maximum absolute atomic E-state index is 12.3. The number of carbonyl (C=O) groups excluding carboxylic acids is 1. The van der Waals surface area contributed by atoms with Crippen LogP contribution in [0.5, 0.6) is 0 Å². The van der Waals surface area contributed by atoms with E-state index in [0.717, 1.165) is 44.7 Å². The largest absolute Gasteiger partial charge is 0.338 e. The molecule has 0 saturated carbocycles. The second-order valence-corrected chi connectivity index (χ2v) is 5.06. The molecule has 0 unspecified atom stereocenters. The molecule has 1 fully saturated rings. The van der Waals surface area contributed by atoms with E-state index in [0.29, 0.717) is 0 Å². The van der Waals surface area contributed by atoms with Crippen LogP contribution in [0.1, 0.15) is 24.9 Å². The molecule has 104 valence electrons. The summed E-state index contributed by atoms with van der Waals surface area (Å²) in [7, 11) is 0. The van der Waals surface area contributed by atoms with E-state index in [9.17, 15) is 4.79 Å². The summed E-state index contributed by atoms with van der Waals surface area (Å²) in [5.41, 5.74) is 6.95. The minimum absolute atomic E-state index is 0.0438. The Kier molecular flexibility index (Phi) is 4.93. The number of piperazine rings is 1. The highest BCUT2D eigenvalue weighted by Crippen LogP contribution is 2.14. The van der Waals surface area contributed by atoms with Crippen LogP contribution < -0.4 is 5.73 Å². The Labute approximate surface area is 115 Å². The highest BCUT2D eigenvalue weighted by Gasteiger charge is 2.25. The van der Waals surface area contributed by atoms with Gasteiger partial charge >= 0.3 is 0 Å². The Hall–Kier alpha value is -1.39. The Morgan fingerprint density at radius 3 is 2.42 bits per heavy atom. The Balaban J connectivity index is 1.91. The average molecular weight is 261 g/mol. The van der Waals surface area contributed by atoms with Crippen molar-refractivity contribution in [2.45, 2.75) is 19.4 Å². The number of amides is 1. The Morgan fingerprint density at radius 2 is 1.84 bits per heavy atom. The zero-order chi connectivity index (χ0) is 13.7. The summed E-state index contributed by atoms with van der Waals surface area (Å²) in [6.07, 6.45) is 1.16. The lowest BCUT2D eigenvalue weighted by atomic mass is 10.1. The van der Waals surface area contributed by atoms with Gasteiger partial charge in [0.2, 0.25) is 5.91 Å². The van der Waals surface area contributed by atoms with Crippen LogP contribution in [0.25, 0.3) is 0 Å². The number of carbonyl (C=O) groups is 1. The van der Waals surface area contributed by atoms with Crippen LogP contribution in [-0.4, -0.2) is 48.4 Å². The van der Waals surface area contributed by atoms with Crippen molar-refractivity contribution in [3.05, 3.63) is 35.9 Å². The second-order valence-electron chi connectivity index (χ2n) is 5.06. The Morgan fingerprint density at radius 1 is 1.21 bits per heavy atom. The van der Waals surface area contributed by atoms with Crippen molar-refractivity contribution in [2.24, 2.45) is 5.73 Å². The average Bonchev–Trinajstić information content (AvgIpc) is 2.48. The number of hydrogen-bond donors (Lipinski definition) is 1. The first kappa shape index (κ1) is 14.0. The van der Waals surface area contributed by atoms with Gasteiger partial charge < -0.3 is 10.6 Å². The van der Waals surface area contributed by atoms with Gasteiger partial charge in [0.25, 0.3) is 0 Å². The lowest BCUT2D eigenvalue weighted by Crippen LogP contribution is -2.51. The summed E-state index contributed by atoms with van der Waals surface area (Å²) in [6, 6.07) is 9.07. The molecular formula is C15H23N3O. The van der Waals surface area contributed by atoms with Crippen LogP contribution in [0, 0.1) is 0 Å². The highest BCUT2D eigenvalue weighted by atomic mass is 16.2. The van der Waals surface area contributed by atoms with Crippen LogP contribution >= 0.6 is 0 Å². The van der Waals surface area contributed by atoms with Crippen LogP contribution in [-0.2, 0) is 4.79 Å². The molecule has 1 aliphatic rings. The van der Waals surface area contributed by atoms with Crippen molar-refractivity contribution < 1.29 is 4.79 Å². The third kappa shape index (κ3) is 3.55. The van der Waals surface area contributed by atoms with Gasteiger partial charge in [-0.3, -0.25) is 9.69 Å². The van der Waals surface area contributed by atoms with E-state index in [1.54, 1.807) is 0 Å². The van der Waals surface area contributed by atoms with E-state index >= 15 is 0 Å². The lowest BCUT2D eigenvalue weighted by molar-refractivity contribution is -0.134. The summed E-state index contributed by atoms with van der Waals surface area (Å²) >= 11 is 0. The zero-order valence-electron chi connectivity index (χ0n) is 11.6. The first-order valence-electron chi connectivity index (χ1n) is 7.04. The third-order valence-electron chi connectivity index (χ3n) is 3.65. The van der Waals surface area contributed by atoms with Crippen molar-refractivity contribution in [3.63, 3.8) is 0 Å². The maximum Gasteiger partial charge on any atom is 0.244 e. The summed E-state index contributed by atoms with van der Waals surface area (Å²) in [6.45, 7) is 6.80. The van der Waals surface area contributed by atoms with Crippen molar-refractivity contribution in [3.8, 4) is 0 Å². The molecule has 1 aromatic rings. The van der Waals surface area contributed by atoms with Crippen molar-refractivity contribution in [2.75, 3.05) is 32.7 Å². The van der Waals surface area contributed by atoms with Gasteiger partial charge in [-0.15, -0.1) is 0 Å². The van der Waals surface area contributed by atoms with Gasteiger partial charge in [-0.1, -0.05) is 37.3 Å². The fourth-order valence-corrected chi connectivity index (χ4v) is 2.51. The Bertz CT molecular complexity index is 399. The molecule has 1 aliphatic heterocycles. The highest BCUT2D eigenvalue weighted by molar-refractivity contribution is 5.83. The SMILES string of the molecule is CCCN1CCN(C(=O)[C@@H](N)c2ccccc2)CC1. The molecule has 0 spiro atoms. The number of hydrogen-bond acceptors (Lipinski definition) is 3. The predicted molar refractivity (Wildman–Crippen MR) is 76.7 cm³/mol. The summed E-state index contributed by atoms with van der Waals surface area (Å²) in [4.78, 5) is 16.6. The molecule has 0 aromatic heterocycles. The summed E-state index contributed by atoms with van der Waals surface area (Å²) < 4.78 is 0. The van der Waals surface area contributed by atoms with E-state index in [1.807, 2.05) is 35.2 Å². The molecule has 4 nitrogen and oxygen atoms in total. The first-order valence-corrected chi connectivity index (χ1v) is 7.04. The van der Waals surface area contributed by atoms with Gasteiger partial charge in [-0.05, 0) is 18.5 Å². The van der Waals surface area contributed by atoms with Crippen LogP contribution in [0.2, 0.25) is 0 Å². The van der Waals surface area contributed by atoms with E-state index in [-0.39, 0.29) is 5.91 Å². The van der Waals surface area contributed by atoms with Gasteiger partial charge in [-0.2, -0.15) is 0 Å². The minimum atomic E-state index is -0.529. The number of rotatable bonds is 4. The van der Waals surface area contributed by atoms with E-state index < -0.39 is 6.04 Å². The van der Waals surface area contributed by atoms with Gasteiger partial charge in [0, 0.05) is 26.2 Å². The van der Waals surface area contributed by atoms with Gasteiger partial charge in [0.05, 0.1) is 0 Å². The van der Waals surface area contributed by atoms with Gasteiger partial charge in [0.1, 0.15) is 6.04 Å². The fraction of sp³-hybridized carbons (Fsp3) is 0.533. The molecule has 0 radical (unpaired) electrons. The van der Waals surface area contributed by atoms with Crippen molar-refractivity contribution >= 4 is 5.91 Å².